The first-order valence-electron chi connectivity index (χ1n) is 13.4. The number of hydrogen-bond donors (Lipinski definition) is 1. The minimum Gasteiger partial charge on any atom is -0.503 e. The molecule has 5 aliphatic rings. The van der Waals surface area contributed by atoms with Gasteiger partial charge in [0.1, 0.15) is 0 Å². The molecular formula is C30H30BrNO6. The van der Waals surface area contributed by atoms with Crippen LogP contribution in [0.25, 0.3) is 0 Å². The van der Waals surface area contributed by atoms with E-state index in [2.05, 4.69) is 15.9 Å². The highest BCUT2D eigenvalue weighted by atomic mass is 79.9. The van der Waals surface area contributed by atoms with Crippen molar-refractivity contribution < 1.29 is 29.0 Å². The number of amides is 2. The van der Waals surface area contributed by atoms with E-state index in [1.165, 1.54) is 13.2 Å². The number of phenolic OH excluding ortho intramolecular Hbond substituents is 1. The number of halogens is 1. The van der Waals surface area contributed by atoms with Crippen LogP contribution in [0, 0.1) is 17.8 Å². The Morgan fingerprint density at radius 1 is 1.03 bits per heavy atom. The summed E-state index contributed by atoms with van der Waals surface area (Å²) >= 11 is 3.40. The summed E-state index contributed by atoms with van der Waals surface area (Å²) in [5.74, 6) is -2.35. The van der Waals surface area contributed by atoms with Crippen LogP contribution in [-0.2, 0) is 19.2 Å². The maximum atomic E-state index is 13.9. The number of phenols is 1. The summed E-state index contributed by atoms with van der Waals surface area (Å²) in [5, 5.41) is 10.4. The van der Waals surface area contributed by atoms with E-state index in [-0.39, 0.29) is 53.3 Å². The van der Waals surface area contributed by atoms with Crippen molar-refractivity contribution in [2.24, 2.45) is 17.8 Å². The molecule has 2 fully saturated rings. The van der Waals surface area contributed by atoms with Gasteiger partial charge in [0, 0.05) is 28.7 Å². The van der Waals surface area contributed by atoms with Crippen molar-refractivity contribution in [2.75, 3.05) is 7.11 Å². The molecule has 1 saturated heterocycles. The van der Waals surface area contributed by atoms with Gasteiger partial charge in [-0.2, -0.15) is 0 Å². The lowest BCUT2D eigenvalue weighted by Gasteiger charge is -2.42. The number of Topliss-reactive ketones (excluding diaryl/α,β-unsaturated/α-hetero) is 1. The fourth-order valence-electron chi connectivity index (χ4n) is 7.38. The van der Waals surface area contributed by atoms with Gasteiger partial charge >= 0.3 is 0 Å². The lowest BCUT2D eigenvalue weighted by Crippen LogP contribution is -2.43. The summed E-state index contributed by atoms with van der Waals surface area (Å²) in [4.78, 5) is 55.9. The van der Waals surface area contributed by atoms with Crippen LogP contribution < -0.4 is 4.74 Å². The van der Waals surface area contributed by atoms with Gasteiger partial charge in [0.25, 0.3) is 0 Å². The second kappa shape index (κ2) is 9.33. The summed E-state index contributed by atoms with van der Waals surface area (Å²) in [6, 6.07) is 3.38. The first-order valence-corrected chi connectivity index (χ1v) is 14.2. The Morgan fingerprint density at radius 2 is 1.76 bits per heavy atom. The van der Waals surface area contributed by atoms with E-state index in [0.29, 0.717) is 33.2 Å². The molecule has 4 atom stereocenters. The SMILES string of the molecule is COc1cc([C@H]2C3=CC[C@@H]4C(=O)N(C5CCCCC5)C(=O)[C@@H]4[C@@H]3CC3=C2C(=O)C(C)=CC3=O)cc(Br)c1O. The maximum Gasteiger partial charge on any atom is 0.233 e. The summed E-state index contributed by atoms with van der Waals surface area (Å²) in [7, 11) is 1.45. The lowest BCUT2D eigenvalue weighted by molar-refractivity contribution is -0.143. The van der Waals surface area contributed by atoms with Crippen molar-refractivity contribution in [1.82, 2.24) is 4.90 Å². The van der Waals surface area contributed by atoms with Crippen molar-refractivity contribution in [3.8, 4) is 11.5 Å². The van der Waals surface area contributed by atoms with Crippen LogP contribution in [0.5, 0.6) is 11.5 Å². The summed E-state index contributed by atoms with van der Waals surface area (Å²) < 4.78 is 5.80. The van der Waals surface area contributed by atoms with Gasteiger partial charge in [-0.25, -0.2) is 0 Å². The number of allylic oxidation sites excluding steroid dienone is 6. The van der Waals surface area contributed by atoms with E-state index in [1.807, 2.05) is 6.08 Å². The minimum atomic E-state index is -0.581. The normalized spacial score (nSPS) is 29.6. The third kappa shape index (κ3) is 3.67. The quantitative estimate of drug-likeness (QED) is 0.309. The molecule has 0 radical (unpaired) electrons. The van der Waals surface area contributed by atoms with Gasteiger partial charge in [-0.05, 0) is 78.2 Å². The van der Waals surface area contributed by atoms with Gasteiger partial charge in [0.05, 0.1) is 23.4 Å². The molecule has 0 bridgehead atoms. The van der Waals surface area contributed by atoms with Crippen molar-refractivity contribution in [3.63, 3.8) is 0 Å². The summed E-state index contributed by atoms with van der Waals surface area (Å²) in [5.41, 5.74) is 2.81. The highest BCUT2D eigenvalue weighted by Crippen LogP contribution is 2.56. The van der Waals surface area contributed by atoms with E-state index in [4.69, 9.17) is 4.74 Å². The molecule has 1 aromatic carbocycles. The summed E-state index contributed by atoms with van der Waals surface area (Å²) in [6.45, 7) is 1.65. The molecule has 1 heterocycles. The monoisotopic (exact) mass is 579 g/mol. The average Bonchev–Trinajstić information content (AvgIpc) is 3.17. The van der Waals surface area contributed by atoms with Crippen LogP contribution in [0.15, 0.2) is 51.0 Å². The van der Waals surface area contributed by atoms with Crippen molar-refractivity contribution in [2.45, 2.75) is 63.8 Å². The third-order valence-electron chi connectivity index (χ3n) is 9.14. The lowest BCUT2D eigenvalue weighted by atomic mass is 9.59. The van der Waals surface area contributed by atoms with E-state index in [0.717, 1.165) is 37.7 Å². The number of nitrogens with zero attached hydrogens (tertiary/aromatic N) is 1. The Labute approximate surface area is 229 Å². The smallest absolute Gasteiger partial charge is 0.233 e. The molecule has 2 amide bonds. The van der Waals surface area contributed by atoms with E-state index < -0.39 is 17.8 Å². The zero-order valence-corrected chi connectivity index (χ0v) is 23.0. The molecule has 198 valence electrons. The number of ether oxygens (including phenoxy) is 1. The molecule has 4 aliphatic carbocycles. The molecule has 1 aliphatic heterocycles. The predicted molar refractivity (Wildman–Crippen MR) is 142 cm³/mol. The molecule has 0 spiro atoms. The molecular weight excluding hydrogens is 550 g/mol. The Morgan fingerprint density at radius 3 is 2.47 bits per heavy atom. The molecule has 1 aromatic rings. The van der Waals surface area contributed by atoms with Crippen molar-refractivity contribution in [1.29, 1.82) is 0 Å². The van der Waals surface area contributed by atoms with E-state index in [9.17, 15) is 24.3 Å². The standard InChI is InChI=1S/C30H30BrNO6/c1-14-10-22(33)20-13-19-17(24(26(20)27(14)34)15-11-21(31)28(35)23(12-15)38-2)8-9-18-25(19)30(37)32(29(18)36)16-6-4-3-5-7-16/h8,10-12,16,18-19,24-25,35H,3-7,9,13H2,1-2H3/t18-,19+,24-,25-/m0/s1. The van der Waals surface area contributed by atoms with Crippen LogP contribution in [-0.4, -0.2) is 46.5 Å². The number of methoxy groups -OCH3 is 1. The maximum absolute atomic E-state index is 13.9. The highest BCUT2D eigenvalue weighted by Gasteiger charge is 2.57. The van der Waals surface area contributed by atoms with E-state index >= 15 is 0 Å². The number of benzene rings is 1. The second-order valence-electron chi connectivity index (χ2n) is 11.1. The first kappa shape index (κ1) is 25.3. The number of likely N-dealkylation sites (tertiary alicyclic amines) is 1. The van der Waals surface area contributed by atoms with Crippen LogP contribution >= 0.6 is 15.9 Å². The highest BCUT2D eigenvalue weighted by molar-refractivity contribution is 9.10. The number of hydrogen-bond acceptors (Lipinski definition) is 6. The van der Waals surface area contributed by atoms with Crippen LogP contribution in [0.3, 0.4) is 0 Å². The van der Waals surface area contributed by atoms with Gasteiger partial charge in [-0.3, -0.25) is 24.1 Å². The molecule has 0 unspecified atom stereocenters. The van der Waals surface area contributed by atoms with Crippen molar-refractivity contribution in [3.05, 3.63) is 56.6 Å². The predicted octanol–water partition coefficient (Wildman–Crippen LogP) is 4.93. The number of imide groups is 1. The molecule has 7 nitrogen and oxygen atoms in total. The molecule has 0 aromatic heterocycles. The molecule has 1 saturated carbocycles. The fourth-order valence-corrected chi connectivity index (χ4v) is 7.84. The topological polar surface area (TPSA) is 101 Å². The zero-order chi connectivity index (χ0) is 26.9. The Kier molecular flexibility index (Phi) is 6.21. The van der Waals surface area contributed by atoms with Gasteiger partial charge in [0.15, 0.2) is 23.1 Å². The Bertz CT molecular complexity index is 1380. The van der Waals surface area contributed by atoms with Gasteiger partial charge in [-0.1, -0.05) is 30.9 Å². The van der Waals surface area contributed by atoms with Gasteiger partial charge in [-0.15, -0.1) is 0 Å². The molecule has 8 heteroatoms. The zero-order valence-electron chi connectivity index (χ0n) is 21.5. The fraction of sp³-hybridized carbons (Fsp3) is 0.467. The number of aromatic hydroxyl groups is 1. The van der Waals surface area contributed by atoms with Crippen LogP contribution in [0.2, 0.25) is 0 Å². The number of rotatable bonds is 3. The Balaban J connectivity index is 1.49. The van der Waals surface area contributed by atoms with Gasteiger partial charge in [0.2, 0.25) is 11.8 Å². The van der Waals surface area contributed by atoms with Crippen molar-refractivity contribution >= 4 is 39.3 Å². The molecule has 38 heavy (non-hydrogen) atoms. The second-order valence-corrected chi connectivity index (χ2v) is 12.0. The number of ketones is 2. The molecule has 6 rings (SSSR count). The third-order valence-corrected chi connectivity index (χ3v) is 9.75. The van der Waals surface area contributed by atoms with Crippen LogP contribution in [0.1, 0.15) is 63.4 Å². The Hall–Kier alpha value is -3.00. The number of fused-ring (bicyclic) bond motifs is 3. The largest absolute Gasteiger partial charge is 0.503 e. The number of carbonyl (C=O) groups is 4. The summed E-state index contributed by atoms with van der Waals surface area (Å²) in [6.07, 6.45) is 8.95. The van der Waals surface area contributed by atoms with Gasteiger partial charge < -0.3 is 9.84 Å². The first-order chi connectivity index (χ1) is 18.2. The van der Waals surface area contributed by atoms with Crippen LogP contribution in [0.4, 0.5) is 0 Å². The number of carbonyl (C=O) groups excluding carboxylic acids is 4. The van der Waals surface area contributed by atoms with E-state index in [1.54, 1.807) is 24.0 Å². The minimum absolute atomic E-state index is 0.0484. The average molecular weight is 580 g/mol. The molecule has 1 N–H and O–H groups in total.